The van der Waals surface area contributed by atoms with E-state index >= 15 is 0 Å². The minimum atomic E-state index is -1.28. The fourth-order valence-electron chi connectivity index (χ4n) is 4.67. The molecule has 0 aliphatic carbocycles. The summed E-state index contributed by atoms with van der Waals surface area (Å²) in [5.74, 6) is 0.594. The number of nitrogens with zero attached hydrogens (tertiary/aromatic N) is 4. The highest BCUT2D eigenvalue weighted by atomic mass is 16.5. The second-order valence-electron chi connectivity index (χ2n) is 8.49. The summed E-state index contributed by atoms with van der Waals surface area (Å²) in [7, 11) is 1.58. The van der Waals surface area contributed by atoms with Crippen molar-refractivity contribution in [3.8, 4) is 11.4 Å². The first-order valence-corrected chi connectivity index (χ1v) is 11.4. The third-order valence-electron chi connectivity index (χ3n) is 6.44. The van der Waals surface area contributed by atoms with Crippen LogP contribution in [-0.4, -0.2) is 46.9 Å². The van der Waals surface area contributed by atoms with E-state index in [-0.39, 0.29) is 11.8 Å². The van der Waals surface area contributed by atoms with Gasteiger partial charge in [0.1, 0.15) is 23.4 Å². The van der Waals surface area contributed by atoms with Gasteiger partial charge in [-0.05, 0) is 67.8 Å². The van der Waals surface area contributed by atoms with Crippen LogP contribution >= 0.6 is 0 Å². The third-order valence-corrected chi connectivity index (χ3v) is 6.44. The number of aliphatic hydroxyl groups is 1. The zero-order valence-corrected chi connectivity index (χ0v) is 19.0. The van der Waals surface area contributed by atoms with Crippen LogP contribution in [0.5, 0.6) is 5.75 Å². The van der Waals surface area contributed by atoms with Gasteiger partial charge in [0, 0.05) is 36.4 Å². The monoisotopic (exact) mass is 461 g/mol. The third kappa shape index (κ3) is 3.82. The number of aromatic nitrogens is 2. The molecule has 2 aliphatic rings. The number of methoxy groups -OCH3 is 1. The van der Waals surface area contributed by atoms with E-state index in [2.05, 4.69) is 5.10 Å². The van der Waals surface area contributed by atoms with Gasteiger partial charge in [-0.1, -0.05) is 0 Å². The number of ether oxygens (including phenoxy) is 1. The molecule has 0 spiro atoms. The van der Waals surface area contributed by atoms with E-state index in [1.54, 1.807) is 41.2 Å². The number of benzene rings is 2. The van der Waals surface area contributed by atoms with Crippen molar-refractivity contribution in [2.75, 3.05) is 30.0 Å². The van der Waals surface area contributed by atoms with Gasteiger partial charge in [-0.25, -0.2) is 4.68 Å². The maximum Gasteiger partial charge on any atom is 0.277 e. The van der Waals surface area contributed by atoms with Crippen LogP contribution in [0.3, 0.4) is 0 Å². The van der Waals surface area contributed by atoms with Crippen molar-refractivity contribution in [2.24, 2.45) is 5.73 Å². The normalized spacial score (nSPS) is 17.0. The van der Waals surface area contributed by atoms with E-state index in [0.717, 1.165) is 30.8 Å². The molecule has 0 bridgehead atoms. The van der Waals surface area contributed by atoms with E-state index in [0.29, 0.717) is 47.8 Å². The van der Waals surface area contributed by atoms with Crippen molar-refractivity contribution >= 4 is 23.2 Å². The Hall–Kier alpha value is -3.69. The van der Waals surface area contributed by atoms with Crippen molar-refractivity contribution < 1.29 is 19.4 Å². The van der Waals surface area contributed by atoms with Gasteiger partial charge in [0.05, 0.1) is 12.8 Å². The second kappa shape index (κ2) is 8.92. The van der Waals surface area contributed by atoms with Crippen LogP contribution in [0.15, 0.2) is 48.5 Å². The van der Waals surface area contributed by atoms with Crippen molar-refractivity contribution in [1.29, 1.82) is 0 Å². The molecule has 3 aromatic rings. The summed E-state index contributed by atoms with van der Waals surface area (Å²) in [5, 5.41) is 14.6. The number of hydrogen-bond donors (Lipinski definition) is 2. The molecule has 34 heavy (non-hydrogen) atoms. The summed E-state index contributed by atoms with van der Waals surface area (Å²) >= 11 is 0. The Kier molecular flexibility index (Phi) is 5.80. The summed E-state index contributed by atoms with van der Waals surface area (Å²) in [6.45, 7) is 1.15. The molecule has 2 aromatic carbocycles. The lowest BCUT2D eigenvalue weighted by Gasteiger charge is -2.30. The lowest BCUT2D eigenvalue weighted by molar-refractivity contribution is -0.119. The molecule has 3 heterocycles. The molecular formula is C25H27N5O4. The smallest absolute Gasteiger partial charge is 0.277 e. The Labute approximate surface area is 197 Å². The molecule has 1 unspecified atom stereocenters. The fourth-order valence-corrected chi connectivity index (χ4v) is 4.67. The average molecular weight is 462 g/mol. The molecule has 2 amide bonds. The van der Waals surface area contributed by atoms with Crippen LogP contribution in [0.25, 0.3) is 5.69 Å². The topological polar surface area (TPSA) is 114 Å². The first-order valence-electron chi connectivity index (χ1n) is 11.4. The van der Waals surface area contributed by atoms with Gasteiger partial charge in [-0.3, -0.25) is 9.59 Å². The summed E-state index contributed by atoms with van der Waals surface area (Å²) in [4.78, 5) is 29.4. The molecule has 1 saturated heterocycles. The van der Waals surface area contributed by atoms with E-state index in [9.17, 15) is 14.7 Å². The predicted octanol–water partition coefficient (Wildman–Crippen LogP) is 2.55. The van der Waals surface area contributed by atoms with Gasteiger partial charge in [0.15, 0.2) is 0 Å². The van der Waals surface area contributed by atoms with Gasteiger partial charge in [-0.2, -0.15) is 5.10 Å². The van der Waals surface area contributed by atoms with Crippen LogP contribution in [-0.2, 0) is 11.2 Å². The maximum atomic E-state index is 13.7. The van der Waals surface area contributed by atoms with Crippen LogP contribution in [0.4, 0.5) is 11.4 Å². The highest BCUT2D eigenvalue weighted by Gasteiger charge is 2.34. The number of carbonyl (C=O) groups excluding carboxylic acids is 2. The van der Waals surface area contributed by atoms with Gasteiger partial charge in [-0.15, -0.1) is 0 Å². The molecule has 176 valence electrons. The number of hydrogen-bond acceptors (Lipinski definition) is 6. The van der Waals surface area contributed by atoms with Crippen molar-refractivity contribution in [1.82, 2.24) is 9.78 Å². The van der Waals surface area contributed by atoms with Crippen LogP contribution in [0.2, 0.25) is 0 Å². The van der Waals surface area contributed by atoms with Gasteiger partial charge in [0.2, 0.25) is 5.91 Å². The van der Waals surface area contributed by atoms with Gasteiger partial charge in [0.25, 0.3) is 5.91 Å². The standard InChI is InChI=1S/C25H27N5O4/c1-34-19-11-9-18(10-12-19)30-23-20(22(27-30)24(26)32)13-15-29(25(23)33)17-7-5-16(6-8-17)28-14-3-2-4-21(28)31/h5-12,24,32H,2-4,13-15,26H2,1H3. The summed E-state index contributed by atoms with van der Waals surface area (Å²) in [6, 6.07) is 14.7. The fraction of sp³-hybridized carbons (Fsp3) is 0.320. The number of fused-ring (bicyclic) bond motifs is 1. The largest absolute Gasteiger partial charge is 0.497 e. The summed E-state index contributed by atoms with van der Waals surface area (Å²) < 4.78 is 6.76. The molecule has 9 heteroatoms. The maximum absolute atomic E-state index is 13.7. The van der Waals surface area contributed by atoms with Gasteiger partial charge >= 0.3 is 0 Å². The number of amides is 2. The Balaban J connectivity index is 1.48. The number of carbonyl (C=O) groups is 2. The van der Waals surface area contributed by atoms with Crippen molar-refractivity contribution in [2.45, 2.75) is 31.9 Å². The number of piperidine rings is 1. The second-order valence-corrected chi connectivity index (χ2v) is 8.49. The first kappa shape index (κ1) is 22.1. The van der Waals surface area contributed by atoms with Crippen molar-refractivity contribution in [3.63, 3.8) is 0 Å². The lowest BCUT2D eigenvalue weighted by atomic mass is 10.0. The minimum Gasteiger partial charge on any atom is -0.497 e. The summed E-state index contributed by atoms with van der Waals surface area (Å²) in [6.07, 6.45) is 1.71. The molecule has 2 aliphatic heterocycles. The van der Waals surface area contributed by atoms with Crippen LogP contribution in [0.1, 0.15) is 47.2 Å². The molecular weight excluding hydrogens is 434 g/mol. The number of nitrogens with two attached hydrogens (primary N) is 1. The van der Waals surface area contributed by atoms with Crippen molar-refractivity contribution in [3.05, 3.63) is 65.5 Å². The molecule has 0 radical (unpaired) electrons. The zero-order chi connectivity index (χ0) is 23.8. The molecule has 1 atom stereocenters. The average Bonchev–Trinajstić information content (AvgIpc) is 3.26. The Morgan fingerprint density at radius 3 is 2.18 bits per heavy atom. The predicted molar refractivity (Wildman–Crippen MR) is 127 cm³/mol. The Morgan fingerprint density at radius 1 is 0.912 bits per heavy atom. The highest BCUT2D eigenvalue weighted by molar-refractivity contribution is 6.07. The molecule has 1 fully saturated rings. The Morgan fingerprint density at radius 2 is 1.56 bits per heavy atom. The van der Waals surface area contributed by atoms with E-state index in [4.69, 9.17) is 10.5 Å². The zero-order valence-electron chi connectivity index (χ0n) is 19.0. The summed E-state index contributed by atoms with van der Waals surface area (Å²) in [5.41, 5.74) is 9.35. The number of anilines is 2. The highest BCUT2D eigenvalue weighted by Crippen LogP contribution is 2.32. The molecule has 5 rings (SSSR count). The van der Waals surface area contributed by atoms with Crippen LogP contribution in [0, 0.1) is 0 Å². The van der Waals surface area contributed by atoms with Crippen LogP contribution < -0.4 is 20.3 Å². The lowest BCUT2D eigenvalue weighted by Crippen LogP contribution is -2.39. The first-order chi connectivity index (χ1) is 16.5. The number of rotatable bonds is 5. The molecule has 3 N–H and O–H groups in total. The quantitative estimate of drug-likeness (QED) is 0.565. The van der Waals surface area contributed by atoms with E-state index in [1.165, 1.54) is 4.68 Å². The molecule has 0 saturated carbocycles. The van der Waals surface area contributed by atoms with E-state index < -0.39 is 6.23 Å². The van der Waals surface area contributed by atoms with E-state index in [1.807, 2.05) is 24.3 Å². The van der Waals surface area contributed by atoms with Gasteiger partial charge < -0.3 is 25.4 Å². The molecule has 1 aromatic heterocycles. The molecule has 9 nitrogen and oxygen atoms in total. The SMILES string of the molecule is COc1ccc(-n2nc(C(N)O)c3c2C(=O)N(c2ccc(N4CCCCC4=O)cc2)CC3)cc1. The minimum absolute atomic E-state index is 0.133. The number of aliphatic hydroxyl groups excluding tert-OH is 1. The Bertz CT molecular complexity index is 1220.